The zero-order chi connectivity index (χ0) is 12.2. The van der Waals surface area contributed by atoms with Crippen molar-refractivity contribution in [2.45, 2.75) is 6.54 Å². The minimum atomic E-state index is 0.543. The van der Waals surface area contributed by atoms with Crippen molar-refractivity contribution in [1.82, 2.24) is 15.0 Å². The van der Waals surface area contributed by atoms with Crippen molar-refractivity contribution in [2.75, 3.05) is 5.43 Å². The molecule has 0 saturated carbocycles. The van der Waals surface area contributed by atoms with Gasteiger partial charge in [0.1, 0.15) is 5.69 Å². The fourth-order valence-electron chi connectivity index (χ4n) is 1.66. The molecule has 0 aliphatic carbocycles. The average molecular weight is 240 g/mol. The summed E-state index contributed by atoms with van der Waals surface area (Å²) in [5.41, 5.74) is 4.97. The highest BCUT2D eigenvalue weighted by atomic mass is 16.5. The zero-order valence-electron chi connectivity index (χ0n) is 9.65. The van der Waals surface area contributed by atoms with Crippen molar-refractivity contribution in [2.24, 2.45) is 0 Å². The molecule has 0 radical (unpaired) electrons. The molecule has 0 aliphatic heterocycles. The van der Waals surface area contributed by atoms with Crippen LogP contribution in [0.2, 0.25) is 0 Å². The Hall–Kier alpha value is -2.56. The van der Waals surface area contributed by atoms with Gasteiger partial charge in [-0.2, -0.15) is 9.89 Å². The number of aromatic nitrogens is 3. The molecule has 0 bridgehead atoms. The van der Waals surface area contributed by atoms with E-state index < -0.39 is 0 Å². The molecule has 0 unspecified atom stereocenters. The third kappa shape index (κ3) is 2.24. The van der Waals surface area contributed by atoms with E-state index in [4.69, 9.17) is 4.52 Å². The van der Waals surface area contributed by atoms with Crippen LogP contribution < -0.4 is 5.43 Å². The van der Waals surface area contributed by atoms with E-state index >= 15 is 0 Å². The molecule has 2 aromatic heterocycles. The fourth-order valence-corrected chi connectivity index (χ4v) is 1.66. The number of hydrogen-bond acceptors (Lipinski definition) is 4. The molecule has 0 spiro atoms. The van der Waals surface area contributed by atoms with Crippen LogP contribution in [0.3, 0.4) is 0 Å². The van der Waals surface area contributed by atoms with Crippen LogP contribution >= 0.6 is 0 Å². The van der Waals surface area contributed by atoms with Crippen molar-refractivity contribution in [1.29, 1.82) is 0 Å². The Morgan fingerprint density at radius 2 is 2.06 bits per heavy atom. The van der Waals surface area contributed by atoms with E-state index in [2.05, 4.69) is 15.7 Å². The summed E-state index contributed by atoms with van der Waals surface area (Å²) in [5.74, 6) is 0.768. The van der Waals surface area contributed by atoms with Crippen molar-refractivity contribution in [3.05, 3.63) is 60.6 Å². The molecule has 5 nitrogen and oxygen atoms in total. The zero-order valence-corrected chi connectivity index (χ0v) is 9.65. The first-order chi connectivity index (χ1) is 8.92. The molecule has 18 heavy (non-hydrogen) atoms. The van der Waals surface area contributed by atoms with Gasteiger partial charge in [0, 0.05) is 17.8 Å². The lowest BCUT2D eigenvalue weighted by Gasteiger charge is -2.01. The van der Waals surface area contributed by atoms with Gasteiger partial charge in [-0.15, -0.1) is 0 Å². The Balaban J connectivity index is 1.70. The lowest BCUT2D eigenvalue weighted by Crippen LogP contribution is -2.13. The Bertz CT molecular complexity index is 601. The van der Waals surface area contributed by atoms with Gasteiger partial charge in [0.2, 0.25) is 0 Å². The third-order valence-electron chi connectivity index (χ3n) is 2.55. The standard InChI is InChI=1S/C13H12N4O/c1-2-5-11(6-3-1)13-9-12(18-16-13)10-15-17-8-4-7-14-17/h1-9,15H,10H2. The highest BCUT2D eigenvalue weighted by Gasteiger charge is 2.05. The van der Waals surface area contributed by atoms with Crippen LogP contribution in [0.1, 0.15) is 5.76 Å². The largest absolute Gasteiger partial charge is 0.359 e. The predicted molar refractivity (Wildman–Crippen MR) is 67.2 cm³/mol. The van der Waals surface area contributed by atoms with Gasteiger partial charge in [0.05, 0.1) is 12.7 Å². The number of rotatable bonds is 4. The Kier molecular flexibility index (Phi) is 2.79. The van der Waals surface area contributed by atoms with Crippen molar-refractivity contribution < 1.29 is 4.52 Å². The van der Waals surface area contributed by atoms with E-state index in [0.717, 1.165) is 17.0 Å². The van der Waals surface area contributed by atoms with Crippen LogP contribution in [0.5, 0.6) is 0 Å². The molecule has 1 N–H and O–H groups in total. The summed E-state index contributed by atoms with van der Waals surface area (Å²) in [6.07, 6.45) is 3.54. The minimum Gasteiger partial charge on any atom is -0.359 e. The molecule has 2 heterocycles. The molecule has 1 aromatic carbocycles. The molecular weight excluding hydrogens is 228 g/mol. The first kappa shape index (κ1) is 10.6. The predicted octanol–water partition coefficient (Wildman–Crippen LogP) is 2.28. The summed E-state index contributed by atoms with van der Waals surface area (Å²) < 4.78 is 5.26. The quantitative estimate of drug-likeness (QED) is 0.760. The number of hydrogen-bond donors (Lipinski definition) is 1. The molecule has 5 heteroatoms. The Labute approximate surface area is 104 Å². The van der Waals surface area contributed by atoms with E-state index in [1.54, 1.807) is 11.0 Å². The monoisotopic (exact) mass is 240 g/mol. The van der Waals surface area contributed by atoms with Crippen LogP contribution in [0.25, 0.3) is 11.3 Å². The fraction of sp³-hybridized carbons (Fsp3) is 0.0769. The lowest BCUT2D eigenvalue weighted by molar-refractivity contribution is 0.385. The van der Waals surface area contributed by atoms with Gasteiger partial charge in [0.15, 0.2) is 5.76 Å². The third-order valence-corrected chi connectivity index (χ3v) is 2.55. The highest BCUT2D eigenvalue weighted by molar-refractivity contribution is 5.58. The average Bonchev–Trinajstić information content (AvgIpc) is 3.09. The van der Waals surface area contributed by atoms with Gasteiger partial charge in [-0.1, -0.05) is 35.5 Å². The normalized spacial score (nSPS) is 10.4. The molecule has 3 rings (SSSR count). The lowest BCUT2D eigenvalue weighted by atomic mass is 10.1. The molecule has 0 atom stereocenters. The van der Waals surface area contributed by atoms with Gasteiger partial charge in [-0.25, -0.2) is 0 Å². The number of nitrogens with one attached hydrogen (secondary N) is 1. The molecular formula is C13H12N4O. The maximum Gasteiger partial charge on any atom is 0.158 e. The van der Waals surface area contributed by atoms with Gasteiger partial charge in [0.25, 0.3) is 0 Å². The second kappa shape index (κ2) is 4.75. The van der Waals surface area contributed by atoms with Crippen LogP contribution in [0.15, 0.2) is 59.4 Å². The van der Waals surface area contributed by atoms with E-state index in [-0.39, 0.29) is 0 Å². The van der Waals surface area contributed by atoms with E-state index in [9.17, 15) is 0 Å². The molecule has 0 amide bonds. The summed E-state index contributed by atoms with van der Waals surface area (Å²) in [5, 5.41) is 8.08. The van der Waals surface area contributed by atoms with Gasteiger partial charge >= 0.3 is 0 Å². The maximum absolute atomic E-state index is 5.26. The van der Waals surface area contributed by atoms with Crippen molar-refractivity contribution >= 4 is 0 Å². The molecule has 3 aromatic rings. The number of nitrogens with zero attached hydrogens (tertiary/aromatic N) is 3. The molecule has 0 saturated heterocycles. The second-order valence-electron chi connectivity index (χ2n) is 3.83. The molecule has 0 aliphatic rings. The number of benzene rings is 1. The Morgan fingerprint density at radius 3 is 2.83 bits per heavy atom. The smallest absolute Gasteiger partial charge is 0.158 e. The first-order valence-corrected chi connectivity index (χ1v) is 5.66. The summed E-state index contributed by atoms with van der Waals surface area (Å²) in [6, 6.07) is 13.7. The Morgan fingerprint density at radius 1 is 1.17 bits per heavy atom. The van der Waals surface area contributed by atoms with Crippen LogP contribution in [-0.2, 0) is 6.54 Å². The van der Waals surface area contributed by atoms with Crippen LogP contribution in [-0.4, -0.2) is 15.0 Å². The van der Waals surface area contributed by atoms with Crippen LogP contribution in [0, 0.1) is 0 Å². The highest BCUT2D eigenvalue weighted by Crippen LogP contribution is 2.18. The SMILES string of the molecule is c1ccc(-c2cc(CNn3cccn3)on2)cc1. The molecule has 90 valence electrons. The maximum atomic E-state index is 5.26. The van der Waals surface area contributed by atoms with Crippen molar-refractivity contribution in [3.63, 3.8) is 0 Å². The molecule has 0 fully saturated rings. The summed E-state index contributed by atoms with van der Waals surface area (Å²) in [6.45, 7) is 0.543. The van der Waals surface area contributed by atoms with E-state index in [0.29, 0.717) is 6.54 Å². The van der Waals surface area contributed by atoms with Crippen molar-refractivity contribution in [3.8, 4) is 11.3 Å². The van der Waals surface area contributed by atoms with Gasteiger partial charge in [-0.3, -0.25) is 0 Å². The topological polar surface area (TPSA) is 55.9 Å². The van der Waals surface area contributed by atoms with Gasteiger partial charge in [-0.05, 0) is 6.07 Å². The van der Waals surface area contributed by atoms with Crippen LogP contribution in [0.4, 0.5) is 0 Å². The first-order valence-electron chi connectivity index (χ1n) is 5.66. The van der Waals surface area contributed by atoms with Gasteiger partial charge < -0.3 is 9.95 Å². The van der Waals surface area contributed by atoms with E-state index in [1.165, 1.54) is 0 Å². The summed E-state index contributed by atoms with van der Waals surface area (Å²) >= 11 is 0. The summed E-state index contributed by atoms with van der Waals surface area (Å²) in [7, 11) is 0. The van der Waals surface area contributed by atoms with E-state index in [1.807, 2.05) is 48.7 Å². The second-order valence-corrected chi connectivity index (χ2v) is 3.83. The summed E-state index contributed by atoms with van der Waals surface area (Å²) in [4.78, 5) is 1.63. The minimum absolute atomic E-state index is 0.543.